The number of anilines is 1. The van der Waals surface area contributed by atoms with Gasteiger partial charge in [0, 0.05) is 5.56 Å². The third-order valence-electron chi connectivity index (χ3n) is 5.39. The molecule has 7 nitrogen and oxygen atoms in total. The van der Waals surface area contributed by atoms with E-state index in [0.29, 0.717) is 17.2 Å². The summed E-state index contributed by atoms with van der Waals surface area (Å²) in [7, 11) is -0.869. The molecule has 8 heteroatoms. The number of hydrogen-bond acceptors (Lipinski definition) is 5. The average molecular weight is 483 g/mol. The van der Waals surface area contributed by atoms with Crippen LogP contribution >= 0.6 is 0 Å². The number of amides is 1. The lowest BCUT2D eigenvalue weighted by molar-refractivity contribution is -0.120. The van der Waals surface area contributed by atoms with Crippen LogP contribution in [0.15, 0.2) is 71.6 Å². The number of benzene rings is 3. The van der Waals surface area contributed by atoms with Crippen LogP contribution in [-0.4, -0.2) is 35.1 Å². The minimum absolute atomic E-state index is 0.115. The summed E-state index contributed by atoms with van der Waals surface area (Å²) in [6.07, 6.45) is 0. The molecule has 0 spiro atoms. The number of hydrogen-bond donors (Lipinski definition) is 1. The van der Waals surface area contributed by atoms with Crippen molar-refractivity contribution in [2.75, 3.05) is 25.1 Å². The Morgan fingerprint density at radius 1 is 0.941 bits per heavy atom. The van der Waals surface area contributed by atoms with Crippen LogP contribution in [0.3, 0.4) is 0 Å². The molecular weight excluding hydrogens is 452 g/mol. The Balaban J connectivity index is 1.93. The summed E-state index contributed by atoms with van der Waals surface area (Å²) in [5.74, 6) is 0.771. The number of nitrogens with one attached hydrogen (secondary N) is 1. The molecule has 0 bridgehead atoms. The molecule has 1 N–H and O–H groups in total. The smallest absolute Gasteiger partial charge is 0.264 e. The molecule has 3 rings (SSSR count). The van der Waals surface area contributed by atoms with E-state index >= 15 is 0 Å². The van der Waals surface area contributed by atoms with Gasteiger partial charge in [0.1, 0.15) is 18.0 Å². The fraction of sp³-hybridized carbons (Fsp3) is 0.269. The van der Waals surface area contributed by atoms with Crippen molar-refractivity contribution in [2.45, 2.75) is 31.7 Å². The SMILES string of the molecule is COc1ccc(OC)c([C@H](C)NC(=O)CN(c2cc(C)cc(C)c2)S(=O)(=O)c2ccccc2)c1. The number of carbonyl (C=O) groups excluding carboxylic acids is 1. The normalized spacial score (nSPS) is 12.0. The third kappa shape index (κ3) is 5.69. The van der Waals surface area contributed by atoms with E-state index in [1.807, 2.05) is 26.8 Å². The Kier molecular flexibility index (Phi) is 7.83. The van der Waals surface area contributed by atoms with Gasteiger partial charge in [0.25, 0.3) is 10.0 Å². The molecule has 0 aliphatic carbocycles. The lowest BCUT2D eigenvalue weighted by Crippen LogP contribution is -2.41. The molecule has 0 aromatic heterocycles. The van der Waals surface area contributed by atoms with E-state index in [9.17, 15) is 13.2 Å². The molecule has 0 fully saturated rings. The summed E-state index contributed by atoms with van der Waals surface area (Å²) >= 11 is 0. The minimum atomic E-state index is -3.98. The van der Waals surface area contributed by atoms with Crippen molar-refractivity contribution in [3.63, 3.8) is 0 Å². The largest absolute Gasteiger partial charge is 0.497 e. The van der Waals surface area contributed by atoms with Gasteiger partial charge in [-0.15, -0.1) is 0 Å². The van der Waals surface area contributed by atoms with E-state index in [1.54, 1.807) is 62.8 Å². The van der Waals surface area contributed by atoms with Gasteiger partial charge >= 0.3 is 0 Å². The second-order valence-corrected chi connectivity index (χ2v) is 9.93. The van der Waals surface area contributed by atoms with Crippen molar-refractivity contribution >= 4 is 21.6 Å². The highest BCUT2D eigenvalue weighted by molar-refractivity contribution is 7.92. The van der Waals surface area contributed by atoms with Crippen molar-refractivity contribution in [2.24, 2.45) is 0 Å². The van der Waals surface area contributed by atoms with Crippen molar-refractivity contribution in [3.8, 4) is 11.5 Å². The number of aryl methyl sites for hydroxylation is 2. The number of methoxy groups -OCH3 is 2. The first-order chi connectivity index (χ1) is 16.1. The Bertz CT molecular complexity index is 1240. The van der Waals surface area contributed by atoms with Gasteiger partial charge in [-0.25, -0.2) is 8.42 Å². The predicted molar refractivity (Wildman–Crippen MR) is 133 cm³/mol. The predicted octanol–water partition coefficient (Wildman–Crippen LogP) is 4.39. The topological polar surface area (TPSA) is 84.9 Å². The Morgan fingerprint density at radius 2 is 1.59 bits per heavy atom. The third-order valence-corrected chi connectivity index (χ3v) is 7.18. The molecule has 3 aromatic carbocycles. The Morgan fingerprint density at radius 3 is 2.18 bits per heavy atom. The average Bonchev–Trinajstić information content (AvgIpc) is 2.81. The zero-order valence-corrected chi connectivity index (χ0v) is 20.8. The van der Waals surface area contributed by atoms with E-state index in [2.05, 4.69) is 5.32 Å². The maximum Gasteiger partial charge on any atom is 0.264 e. The van der Waals surface area contributed by atoms with Gasteiger partial charge in [-0.2, -0.15) is 0 Å². The highest BCUT2D eigenvalue weighted by Gasteiger charge is 2.28. The molecule has 0 unspecified atom stereocenters. The first-order valence-electron chi connectivity index (χ1n) is 10.8. The number of carbonyl (C=O) groups is 1. The first-order valence-corrected chi connectivity index (χ1v) is 12.3. The van der Waals surface area contributed by atoms with Gasteiger partial charge in [-0.3, -0.25) is 9.10 Å². The molecular formula is C26H30N2O5S. The van der Waals surface area contributed by atoms with Gasteiger partial charge in [0.15, 0.2) is 0 Å². The quantitative estimate of drug-likeness (QED) is 0.489. The van der Waals surface area contributed by atoms with E-state index in [0.717, 1.165) is 21.0 Å². The second kappa shape index (κ2) is 10.6. The summed E-state index contributed by atoms with van der Waals surface area (Å²) in [5.41, 5.74) is 2.96. The lowest BCUT2D eigenvalue weighted by atomic mass is 10.1. The molecule has 0 aliphatic heterocycles. The van der Waals surface area contributed by atoms with Crippen LogP contribution in [0, 0.1) is 13.8 Å². The van der Waals surface area contributed by atoms with Crippen LogP contribution in [-0.2, 0) is 14.8 Å². The zero-order valence-electron chi connectivity index (χ0n) is 20.0. The second-order valence-electron chi connectivity index (χ2n) is 8.07. The fourth-order valence-corrected chi connectivity index (χ4v) is 5.23. The number of ether oxygens (including phenoxy) is 2. The fourth-order valence-electron chi connectivity index (χ4n) is 3.80. The van der Waals surface area contributed by atoms with Gasteiger partial charge in [0.2, 0.25) is 5.91 Å². The molecule has 0 heterocycles. The highest BCUT2D eigenvalue weighted by Crippen LogP contribution is 2.30. The monoisotopic (exact) mass is 482 g/mol. The summed E-state index contributed by atoms with van der Waals surface area (Å²) in [4.78, 5) is 13.2. The van der Waals surface area contributed by atoms with Crippen molar-refractivity contribution in [1.29, 1.82) is 0 Å². The van der Waals surface area contributed by atoms with E-state index < -0.39 is 22.0 Å². The highest BCUT2D eigenvalue weighted by atomic mass is 32.2. The van der Waals surface area contributed by atoms with Gasteiger partial charge in [-0.05, 0) is 74.4 Å². The van der Waals surface area contributed by atoms with Crippen molar-refractivity contribution in [3.05, 3.63) is 83.4 Å². The Labute approximate surface area is 201 Å². The molecule has 0 saturated heterocycles. The van der Waals surface area contributed by atoms with Gasteiger partial charge < -0.3 is 14.8 Å². The van der Waals surface area contributed by atoms with Crippen LogP contribution in [0.1, 0.15) is 29.7 Å². The van der Waals surface area contributed by atoms with Gasteiger partial charge in [0.05, 0.1) is 30.8 Å². The summed E-state index contributed by atoms with van der Waals surface area (Å²) in [6, 6.07) is 18.4. The van der Waals surface area contributed by atoms with Crippen LogP contribution in [0.25, 0.3) is 0 Å². The molecule has 0 radical (unpaired) electrons. The number of sulfonamides is 1. The van der Waals surface area contributed by atoms with Crippen LogP contribution in [0.4, 0.5) is 5.69 Å². The van der Waals surface area contributed by atoms with E-state index in [1.165, 1.54) is 12.1 Å². The first kappa shape index (κ1) is 25.1. The van der Waals surface area contributed by atoms with Crippen LogP contribution in [0.2, 0.25) is 0 Å². The Hall–Kier alpha value is -3.52. The van der Waals surface area contributed by atoms with E-state index in [4.69, 9.17) is 9.47 Å². The number of rotatable bonds is 9. The zero-order chi connectivity index (χ0) is 24.9. The van der Waals surface area contributed by atoms with Crippen molar-refractivity contribution in [1.82, 2.24) is 5.32 Å². The van der Waals surface area contributed by atoms with Crippen LogP contribution in [0.5, 0.6) is 11.5 Å². The summed E-state index contributed by atoms with van der Waals surface area (Å²) in [6.45, 7) is 5.21. The molecule has 3 aromatic rings. The lowest BCUT2D eigenvalue weighted by Gasteiger charge is -2.26. The molecule has 1 amide bonds. The maximum absolute atomic E-state index is 13.5. The van der Waals surface area contributed by atoms with Gasteiger partial charge in [-0.1, -0.05) is 24.3 Å². The summed E-state index contributed by atoms with van der Waals surface area (Å²) in [5, 5.41) is 2.89. The maximum atomic E-state index is 13.5. The standard InChI is InChI=1S/C26H30N2O5S/c1-18-13-19(2)15-21(14-18)28(34(30,31)23-9-7-6-8-10-23)17-26(29)27-20(3)24-16-22(32-4)11-12-25(24)33-5/h6-16,20H,17H2,1-5H3,(H,27,29)/t20-/m0/s1. The molecule has 0 aliphatic rings. The number of nitrogens with zero attached hydrogens (tertiary/aromatic N) is 1. The molecule has 0 saturated carbocycles. The van der Waals surface area contributed by atoms with Crippen LogP contribution < -0.4 is 19.1 Å². The molecule has 180 valence electrons. The summed E-state index contributed by atoms with van der Waals surface area (Å²) < 4.78 is 38.9. The van der Waals surface area contributed by atoms with E-state index in [-0.39, 0.29) is 11.4 Å². The molecule has 34 heavy (non-hydrogen) atoms. The minimum Gasteiger partial charge on any atom is -0.497 e. The van der Waals surface area contributed by atoms with Crippen molar-refractivity contribution < 1.29 is 22.7 Å². The molecule has 1 atom stereocenters.